The Hall–Kier alpha value is -3.06. The van der Waals surface area contributed by atoms with E-state index in [1.807, 2.05) is 77.9 Å². The number of nitrogens with zero attached hydrogens (tertiary/aromatic N) is 2. The molecule has 2 aromatic rings. The Morgan fingerprint density at radius 3 is 2.40 bits per heavy atom. The summed E-state index contributed by atoms with van der Waals surface area (Å²) in [6.07, 6.45) is 1.03. The third-order valence-electron chi connectivity index (χ3n) is 6.30. The van der Waals surface area contributed by atoms with E-state index in [1.54, 1.807) is 11.8 Å². The zero-order valence-corrected chi connectivity index (χ0v) is 22.2. The SMILES string of the molecule is CC1=C(C(=O)Nc2ccc(C)cc2C)C(c2ccc(NC(=O)C(C)(C)C)cc2)N2CCCSC2=N1. The van der Waals surface area contributed by atoms with Crippen LogP contribution in [0.3, 0.4) is 0 Å². The lowest BCUT2D eigenvalue weighted by atomic mass is 9.93. The van der Waals surface area contributed by atoms with Gasteiger partial charge in [-0.25, -0.2) is 4.99 Å². The van der Waals surface area contributed by atoms with Crippen molar-refractivity contribution >= 4 is 40.1 Å². The molecule has 1 atom stereocenters. The number of allylic oxidation sites excluding steroid dienone is 1. The normalized spacial score (nSPS) is 18.1. The first-order chi connectivity index (χ1) is 16.5. The molecule has 2 aliphatic heterocycles. The molecule has 0 spiro atoms. The van der Waals surface area contributed by atoms with Gasteiger partial charge in [-0.15, -0.1) is 0 Å². The highest BCUT2D eigenvalue weighted by Crippen LogP contribution is 2.40. The summed E-state index contributed by atoms with van der Waals surface area (Å²) in [6.45, 7) is 12.5. The fourth-order valence-corrected chi connectivity index (χ4v) is 5.34. The maximum atomic E-state index is 13.7. The van der Waals surface area contributed by atoms with Gasteiger partial charge in [0.2, 0.25) is 5.91 Å². The molecule has 184 valence electrons. The van der Waals surface area contributed by atoms with E-state index in [4.69, 9.17) is 4.99 Å². The van der Waals surface area contributed by atoms with E-state index in [0.29, 0.717) is 5.57 Å². The number of thioether (sulfide) groups is 1. The summed E-state index contributed by atoms with van der Waals surface area (Å²) in [5, 5.41) is 7.08. The van der Waals surface area contributed by atoms with Gasteiger partial charge in [0.1, 0.15) is 0 Å². The molecule has 2 heterocycles. The molecule has 1 fully saturated rings. The third kappa shape index (κ3) is 5.45. The molecule has 7 heteroatoms. The molecular formula is C28H34N4O2S. The van der Waals surface area contributed by atoms with Crippen molar-refractivity contribution in [2.24, 2.45) is 10.4 Å². The Labute approximate surface area is 212 Å². The molecule has 4 rings (SSSR count). The van der Waals surface area contributed by atoms with E-state index in [1.165, 1.54) is 0 Å². The first kappa shape index (κ1) is 25.0. The number of anilines is 2. The van der Waals surface area contributed by atoms with Crippen LogP contribution in [0.1, 0.15) is 56.8 Å². The number of nitrogens with one attached hydrogen (secondary N) is 2. The van der Waals surface area contributed by atoms with Crippen LogP contribution in [-0.4, -0.2) is 34.2 Å². The number of carbonyl (C=O) groups is 2. The molecule has 2 aromatic carbocycles. The predicted molar refractivity (Wildman–Crippen MR) is 146 cm³/mol. The van der Waals surface area contributed by atoms with Crippen LogP contribution >= 0.6 is 11.8 Å². The van der Waals surface area contributed by atoms with Gasteiger partial charge in [-0.05, 0) is 56.5 Å². The number of aliphatic imine (C=N–C) groups is 1. The second-order valence-corrected chi connectivity index (χ2v) is 11.4. The smallest absolute Gasteiger partial charge is 0.255 e. The average molecular weight is 491 g/mol. The minimum atomic E-state index is -0.475. The molecule has 0 bridgehead atoms. The molecule has 0 radical (unpaired) electrons. The quantitative estimate of drug-likeness (QED) is 0.547. The van der Waals surface area contributed by atoms with Crippen molar-refractivity contribution in [3.05, 3.63) is 70.4 Å². The van der Waals surface area contributed by atoms with Gasteiger partial charge in [-0.3, -0.25) is 9.59 Å². The van der Waals surface area contributed by atoms with Gasteiger partial charge in [-0.1, -0.05) is 62.4 Å². The number of amides is 2. The van der Waals surface area contributed by atoms with Gasteiger partial charge in [-0.2, -0.15) is 0 Å². The van der Waals surface area contributed by atoms with Crippen molar-refractivity contribution in [3.8, 4) is 0 Å². The summed E-state index contributed by atoms with van der Waals surface area (Å²) in [5.41, 5.74) is 5.66. The van der Waals surface area contributed by atoms with E-state index in [2.05, 4.69) is 21.6 Å². The summed E-state index contributed by atoms with van der Waals surface area (Å²) in [6, 6.07) is 13.6. The van der Waals surface area contributed by atoms with Crippen LogP contribution in [0.2, 0.25) is 0 Å². The summed E-state index contributed by atoms with van der Waals surface area (Å²) in [7, 11) is 0. The molecule has 6 nitrogen and oxygen atoms in total. The fourth-order valence-electron chi connectivity index (χ4n) is 4.32. The largest absolute Gasteiger partial charge is 0.340 e. The molecule has 2 aliphatic rings. The maximum absolute atomic E-state index is 13.7. The van der Waals surface area contributed by atoms with Crippen LogP contribution in [0.5, 0.6) is 0 Å². The van der Waals surface area contributed by atoms with Crippen molar-refractivity contribution < 1.29 is 9.59 Å². The van der Waals surface area contributed by atoms with Crippen molar-refractivity contribution in [2.45, 2.75) is 54.0 Å². The summed E-state index contributed by atoms with van der Waals surface area (Å²) in [5.74, 6) is 0.856. The van der Waals surface area contributed by atoms with Crippen LogP contribution < -0.4 is 10.6 Å². The molecule has 1 saturated heterocycles. The Morgan fingerprint density at radius 2 is 1.74 bits per heavy atom. The number of hydrogen-bond donors (Lipinski definition) is 2. The standard InChI is InChI=1S/C28H34N4O2S/c1-17-8-13-22(18(2)16-17)31-25(33)23-19(3)29-27-32(14-7-15-35-27)24(23)20-9-11-21(12-10-20)30-26(34)28(4,5)6/h8-13,16,24H,7,14-15H2,1-6H3,(H,30,34)(H,31,33). The van der Waals surface area contributed by atoms with Gasteiger partial charge in [0, 0.05) is 29.1 Å². The average Bonchev–Trinajstić information content (AvgIpc) is 2.80. The van der Waals surface area contributed by atoms with E-state index >= 15 is 0 Å². The van der Waals surface area contributed by atoms with E-state index in [0.717, 1.165) is 57.6 Å². The number of hydrogen-bond acceptors (Lipinski definition) is 5. The van der Waals surface area contributed by atoms with Crippen molar-refractivity contribution in [1.82, 2.24) is 4.90 Å². The number of amidine groups is 1. The molecule has 0 aromatic heterocycles. The van der Waals surface area contributed by atoms with Crippen LogP contribution in [0.4, 0.5) is 11.4 Å². The molecule has 1 unspecified atom stereocenters. The molecule has 0 saturated carbocycles. The highest BCUT2D eigenvalue weighted by Gasteiger charge is 2.37. The number of fused-ring (bicyclic) bond motifs is 1. The Bertz CT molecular complexity index is 1210. The van der Waals surface area contributed by atoms with Crippen LogP contribution in [-0.2, 0) is 9.59 Å². The second kappa shape index (κ2) is 9.90. The third-order valence-corrected chi connectivity index (χ3v) is 7.38. The van der Waals surface area contributed by atoms with Gasteiger partial charge in [0.15, 0.2) is 5.17 Å². The van der Waals surface area contributed by atoms with Crippen LogP contribution in [0, 0.1) is 19.3 Å². The topological polar surface area (TPSA) is 73.8 Å². The fraction of sp³-hybridized carbons (Fsp3) is 0.393. The number of carbonyl (C=O) groups excluding carboxylic acids is 2. The van der Waals surface area contributed by atoms with E-state index in [-0.39, 0.29) is 17.9 Å². The minimum Gasteiger partial charge on any atom is -0.340 e. The monoisotopic (exact) mass is 490 g/mol. The minimum absolute atomic E-state index is 0.0333. The summed E-state index contributed by atoms with van der Waals surface area (Å²) >= 11 is 1.74. The zero-order valence-electron chi connectivity index (χ0n) is 21.4. The molecule has 2 amide bonds. The van der Waals surface area contributed by atoms with Crippen LogP contribution in [0.15, 0.2) is 58.7 Å². The number of benzene rings is 2. The van der Waals surface area contributed by atoms with Crippen molar-refractivity contribution in [2.75, 3.05) is 22.9 Å². The van der Waals surface area contributed by atoms with Gasteiger partial charge < -0.3 is 15.5 Å². The Morgan fingerprint density at radius 1 is 1.03 bits per heavy atom. The van der Waals surface area contributed by atoms with E-state index in [9.17, 15) is 9.59 Å². The van der Waals surface area contributed by atoms with Crippen LogP contribution in [0.25, 0.3) is 0 Å². The molecule has 35 heavy (non-hydrogen) atoms. The van der Waals surface area contributed by atoms with Gasteiger partial charge >= 0.3 is 0 Å². The highest BCUT2D eigenvalue weighted by atomic mass is 32.2. The zero-order chi connectivity index (χ0) is 25.3. The van der Waals surface area contributed by atoms with Gasteiger partial charge in [0.25, 0.3) is 5.91 Å². The van der Waals surface area contributed by atoms with Crippen molar-refractivity contribution in [1.29, 1.82) is 0 Å². The maximum Gasteiger partial charge on any atom is 0.255 e. The predicted octanol–water partition coefficient (Wildman–Crippen LogP) is 6.05. The second-order valence-electron chi connectivity index (χ2n) is 10.3. The lowest BCUT2D eigenvalue weighted by molar-refractivity contribution is -0.123. The first-order valence-electron chi connectivity index (χ1n) is 12.0. The van der Waals surface area contributed by atoms with Crippen molar-refractivity contribution in [3.63, 3.8) is 0 Å². The highest BCUT2D eigenvalue weighted by molar-refractivity contribution is 8.13. The first-order valence-corrected chi connectivity index (χ1v) is 13.0. The molecule has 0 aliphatic carbocycles. The number of rotatable bonds is 4. The van der Waals surface area contributed by atoms with E-state index < -0.39 is 5.41 Å². The molecular weight excluding hydrogens is 456 g/mol. The lowest BCUT2D eigenvalue weighted by Crippen LogP contribution is -2.43. The summed E-state index contributed by atoms with van der Waals surface area (Å²) in [4.78, 5) is 33.1. The van der Waals surface area contributed by atoms with Gasteiger partial charge in [0.05, 0.1) is 17.3 Å². The number of aryl methyl sites for hydroxylation is 2. The Balaban J connectivity index is 1.68. The Kier molecular flexibility index (Phi) is 7.08. The summed E-state index contributed by atoms with van der Waals surface area (Å²) < 4.78 is 0. The molecule has 2 N–H and O–H groups in total. The lowest BCUT2D eigenvalue weighted by Gasteiger charge is -2.41.